The molecule has 0 radical (unpaired) electrons. The van der Waals surface area contributed by atoms with Crippen LogP contribution in [0.25, 0.3) is 6.08 Å². The molecule has 0 spiro atoms. The molecule has 0 saturated carbocycles. The predicted molar refractivity (Wildman–Crippen MR) is 87.1 cm³/mol. The molecule has 0 saturated heterocycles. The quantitative estimate of drug-likeness (QED) is 0.858. The van der Waals surface area contributed by atoms with Crippen molar-refractivity contribution in [1.82, 2.24) is 0 Å². The number of hydrogen-bond donors (Lipinski definition) is 1. The van der Waals surface area contributed by atoms with Gasteiger partial charge in [0, 0.05) is 0 Å². The minimum absolute atomic E-state index is 0.215. The van der Waals surface area contributed by atoms with Crippen LogP contribution in [-0.2, 0) is 15.1 Å². The van der Waals surface area contributed by atoms with E-state index in [4.69, 9.17) is 4.74 Å². The molecular formula is C19H20O3. The fraction of sp³-hybridized carbons (Fsp3) is 0.211. The number of carbonyl (C=O) groups excluding carboxylic acids is 1. The molecule has 2 aromatic carbocycles. The van der Waals surface area contributed by atoms with Gasteiger partial charge in [0.2, 0.25) is 5.60 Å². The Hall–Kier alpha value is -2.39. The summed E-state index contributed by atoms with van der Waals surface area (Å²) in [6.45, 7) is 3.67. The van der Waals surface area contributed by atoms with Crippen LogP contribution in [0.2, 0.25) is 0 Å². The van der Waals surface area contributed by atoms with Crippen LogP contribution < -0.4 is 0 Å². The lowest BCUT2D eigenvalue weighted by atomic mass is 9.86. The molecule has 0 aromatic heterocycles. The highest BCUT2D eigenvalue weighted by Gasteiger charge is 2.41. The molecule has 0 bridgehead atoms. The van der Waals surface area contributed by atoms with E-state index in [0.717, 1.165) is 5.56 Å². The molecule has 3 nitrogen and oxygen atoms in total. The first-order valence-corrected chi connectivity index (χ1v) is 7.28. The Balaban J connectivity index is 2.49. The number of benzene rings is 2. The summed E-state index contributed by atoms with van der Waals surface area (Å²) < 4.78 is 5.09. The Bertz CT molecular complexity index is 647. The topological polar surface area (TPSA) is 46.5 Å². The van der Waals surface area contributed by atoms with Crippen LogP contribution in [0.5, 0.6) is 0 Å². The van der Waals surface area contributed by atoms with E-state index in [1.165, 1.54) is 0 Å². The zero-order valence-electron chi connectivity index (χ0n) is 12.8. The van der Waals surface area contributed by atoms with Crippen molar-refractivity contribution >= 4 is 12.0 Å². The van der Waals surface area contributed by atoms with Crippen LogP contribution in [0.4, 0.5) is 0 Å². The lowest BCUT2D eigenvalue weighted by Crippen LogP contribution is -2.38. The number of carbonyl (C=O) groups is 1. The Morgan fingerprint density at radius 2 is 1.64 bits per heavy atom. The first-order valence-electron chi connectivity index (χ1n) is 7.28. The van der Waals surface area contributed by atoms with Gasteiger partial charge in [0.05, 0.1) is 6.61 Å². The van der Waals surface area contributed by atoms with Crippen molar-refractivity contribution in [3.05, 3.63) is 77.4 Å². The average molecular weight is 296 g/mol. The Morgan fingerprint density at radius 1 is 1.09 bits per heavy atom. The average Bonchev–Trinajstić information content (AvgIpc) is 2.56. The van der Waals surface area contributed by atoms with Gasteiger partial charge in [0.15, 0.2) is 0 Å². The van der Waals surface area contributed by atoms with Gasteiger partial charge in [-0.1, -0.05) is 66.7 Å². The molecule has 3 heteroatoms. The summed E-state index contributed by atoms with van der Waals surface area (Å²) in [4.78, 5) is 12.4. The second-order valence-corrected chi connectivity index (χ2v) is 5.03. The number of aliphatic hydroxyl groups is 1. The maximum absolute atomic E-state index is 12.4. The monoisotopic (exact) mass is 296 g/mol. The summed E-state index contributed by atoms with van der Waals surface area (Å²) in [5.74, 6) is -0.661. The lowest BCUT2D eigenvalue weighted by molar-refractivity contribution is -0.161. The third kappa shape index (κ3) is 3.26. The Morgan fingerprint density at radius 3 is 2.18 bits per heavy atom. The van der Waals surface area contributed by atoms with Gasteiger partial charge >= 0.3 is 5.97 Å². The van der Waals surface area contributed by atoms with Gasteiger partial charge in [-0.05, 0) is 30.5 Å². The Labute approximate surface area is 130 Å². The fourth-order valence-electron chi connectivity index (χ4n) is 2.33. The molecule has 0 heterocycles. The predicted octanol–water partition coefficient (Wildman–Crippen LogP) is 3.54. The summed E-state index contributed by atoms with van der Waals surface area (Å²) in [6.07, 6.45) is 1.80. The first-order chi connectivity index (χ1) is 10.6. The molecule has 114 valence electrons. The van der Waals surface area contributed by atoms with Crippen molar-refractivity contribution in [2.24, 2.45) is 0 Å². The largest absolute Gasteiger partial charge is 0.463 e. The van der Waals surface area contributed by atoms with Gasteiger partial charge in [-0.3, -0.25) is 0 Å². The van der Waals surface area contributed by atoms with Crippen molar-refractivity contribution in [2.75, 3.05) is 6.61 Å². The van der Waals surface area contributed by atoms with E-state index in [0.29, 0.717) is 11.1 Å². The van der Waals surface area contributed by atoms with Crippen LogP contribution in [-0.4, -0.2) is 17.7 Å². The highest BCUT2D eigenvalue weighted by Crippen LogP contribution is 2.32. The molecule has 1 N–H and O–H groups in total. The zero-order chi connectivity index (χ0) is 16.0. The minimum Gasteiger partial charge on any atom is -0.463 e. The smallest absolute Gasteiger partial charge is 0.347 e. The van der Waals surface area contributed by atoms with Crippen LogP contribution in [0.3, 0.4) is 0 Å². The SMILES string of the molecule is CCOC(=O)C(O)(/C(C)=C/c1ccccc1)c1ccccc1. The molecule has 0 fully saturated rings. The van der Waals surface area contributed by atoms with E-state index >= 15 is 0 Å². The molecule has 0 aliphatic carbocycles. The number of rotatable bonds is 5. The highest BCUT2D eigenvalue weighted by atomic mass is 16.5. The van der Waals surface area contributed by atoms with E-state index in [-0.39, 0.29) is 6.61 Å². The van der Waals surface area contributed by atoms with Crippen molar-refractivity contribution in [1.29, 1.82) is 0 Å². The van der Waals surface area contributed by atoms with Gasteiger partial charge in [-0.25, -0.2) is 4.79 Å². The van der Waals surface area contributed by atoms with Crippen LogP contribution >= 0.6 is 0 Å². The van der Waals surface area contributed by atoms with Gasteiger partial charge < -0.3 is 9.84 Å². The standard InChI is InChI=1S/C19H20O3/c1-3-22-18(20)19(21,17-12-8-5-9-13-17)15(2)14-16-10-6-4-7-11-16/h4-14,21H,3H2,1-2H3/b15-14+. The molecule has 0 aliphatic rings. The van der Waals surface area contributed by atoms with E-state index in [9.17, 15) is 9.90 Å². The molecule has 2 rings (SSSR count). The summed E-state index contributed by atoms with van der Waals surface area (Å²) in [5.41, 5.74) is 0.146. The van der Waals surface area contributed by atoms with Crippen LogP contribution in [0, 0.1) is 0 Å². The number of hydrogen-bond acceptors (Lipinski definition) is 3. The van der Waals surface area contributed by atoms with Crippen molar-refractivity contribution in [3.63, 3.8) is 0 Å². The molecule has 1 atom stereocenters. The summed E-state index contributed by atoms with van der Waals surface area (Å²) >= 11 is 0. The van der Waals surface area contributed by atoms with Crippen molar-refractivity contribution in [3.8, 4) is 0 Å². The van der Waals surface area contributed by atoms with E-state index in [1.807, 2.05) is 36.4 Å². The van der Waals surface area contributed by atoms with Gasteiger partial charge in [-0.15, -0.1) is 0 Å². The zero-order valence-corrected chi connectivity index (χ0v) is 12.8. The van der Waals surface area contributed by atoms with Crippen LogP contribution in [0.1, 0.15) is 25.0 Å². The van der Waals surface area contributed by atoms with Crippen LogP contribution in [0.15, 0.2) is 66.2 Å². The normalized spacial score (nSPS) is 14.2. The van der Waals surface area contributed by atoms with Gasteiger partial charge in [0.25, 0.3) is 0 Å². The molecule has 1 unspecified atom stereocenters. The Kier molecular flexibility index (Phi) is 5.12. The molecule has 0 amide bonds. The summed E-state index contributed by atoms with van der Waals surface area (Å²) in [5, 5.41) is 11.1. The second kappa shape index (κ2) is 7.05. The summed E-state index contributed by atoms with van der Waals surface area (Å²) in [6, 6.07) is 18.4. The third-order valence-electron chi connectivity index (χ3n) is 3.52. The van der Waals surface area contributed by atoms with Crippen molar-refractivity contribution in [2.45, 2.75) is 19.4 Å². The maximum atomic E-state index is 12.4. The van der Waals surface area contributed by atoms with Gasteiger partial charge in [0.1, 0.15) is 0 Å². The molecule has 22 heavy (non-hydrogen) atoms. The molecule has 0 aliphatic heterocycles. The highest BCUT2D eigenvalue weighted by molar-refractivity contribution is 5.86. The second-order valence-electron chi connectivity index (χ2n) is 5.03. The lowest BCUT2D eigenvalue weighted by Gasteiger charge is -2.27. The number of ether oxygens (including phenoxy) is 1. The van der Waals surface area contributed by atoms with E-state index in [2.05, 4.69) is 0 Å². The van der Waals surface area contributed by atoms with Crippen molar-refractivity contribution < 1.29 is 14.6 Å². The van der Waals surface area contributed by atoms with E-state index in [1.54, 1.807) is 44.2 Å². The van der Waals surface area contributed by atoms with Gasteiger partial charge in [-0.2, -0.15) is 0 Å². The molecular weight excluding hydrogens is 276 g/mol. The fourth-order valence-corrected chi connectivity index (χ4v) is 2.33. The number of esters is 1. The maximum Gasteiger partial charge on any atom is 0.347 e. The van der Waals surface area contributed by atoms with E-state index < -0.39 is 11.6 Å². The third-order valence-corrected chi connectivity index (χ3v) is 3.52. The minimum atomic E-state index is -1.78. The molecule has 2 aromatic rings. The summed E-state index contributed by atoms with van der Waals surface area (Å²) in [7, 11) is 0. The first kappa shape index (κ1) is 16.0.